The van der Waals surface area contributed by atoms with Gasteiger partial charge in [0.15, 0.2) is 0 Å². The highest BCUT2D eigenvalue weighted by Crippen LogP contribution is 2.31. The molecule has 3 aliphatic rings. The molecule has 1 unspecified atom stereocenters. The fourth-order valence-electron chi connectivity index (χ4n) is 5.13. The Morgan fingerprint density at radius 1 is 1.07 bits per heavy atom. The predicted molar refractivity (Wildman–Crippen MR) is 111 cm³/mol. The number of nitrogens with one attached hydrogen (secondary N) is 2. The van der Waals surface area contributed by atoms with Crippen LogP contribution in [0.15, 0.2) is 18.2 Å². The molecular weight excluding hydrogens is 366 g/mol. The number of benzene rings is 1. The molecule has 2 fully saturated rings. The van der Waals surface area contributed by atoms with Gasteiger partial charge in [0.25, 0.3) is 5.91 Å². The molecular formula is C23H29N3O3. The summed E-state index contributed by atoms with van der Waals surface area (Å²) in [6.45, 7) is 2.72. The average molecular weight is 396 g/mol. The van der Waals surface area contributed by atoms with Crippen molar-refractivity contribution in [2.45, 2.75) is 51.0 Å². The molecule has 0 saturated carbocycles. The summed E-state index contributed by atoms with van der Waals surface area (Å²) in [6, 6.07) is 5.81. The van der Waals surface area contributed by atoms with Crippen LogP contribution in [-0.2, 0) is 22.4 Å². The first-order chi connectivity index (χ1) is 14.2. The van der Waals surface area contributed by atoms with Crippen LogP contribution in [0.1, 0.15) is 53.7 Å². The molecule has 5 rings (SSSR count). The van der Waals surface area contributed by atoms with Gasteiger partial charge in [0.05, 0.1) is 5.92 Å². The summed E-state index contributed by atoms with van der Waals surface area (Å²) in [7, 11) is 0. The number of H-pyrrole nitrogens is 1. The van der Waals surface area contributed by atoms with Crippen LogP contribution in [0.3, 0.4) is 0 Å². The van der Waals surface area contributed by atoms with Crippen molar-refractivity contribution in [1.29, 1.82) is 0 Å². The number of hydrogen-bond acceptors (Lipinski definition) is 4. The van der Waals surface area contributed by atoms with Gasteiger partial charge in [0.2, 0.25) is 5.91 Å². The molecule has 0 bridgehead atoms. The maximum atomic E-state index is 13.6. The molecule has 3 heterocycles. The summed E-state index contributed by atoms with van der Waals surface area (Å²) in [6.07, 6.45) is 6.79. The summed E-state index contributed by atoms with van der Waals surface area (Å²) < 4.78 is 5.48. The van der Waals surface area contributed by atoms with Crippen molar-refractivity contribution in [3.8, 4) is 0 Å². The van der Waals surface area contributed by atoms with E-state index in [1.54, 1.807) is 4.90 Å². The van der Waals surface area contributed by atoms with Crippen LogP contribution in [0, 0.1) is 5.92 Å². The van der Waals surface area contributed by atoms with E-state index in [4.69, 9.17) is 4.74 Å². The quantitative estimate of drug-likeness (QED) is 0.784. The lowest BCUT2D eigenvalue weighted by Gasteiger charge is -2.34. The van der Waals surface area contributed by atoms with E-state index in [0.717, 1.165) is 49.6 Å². The number of amides is 2. The number of imide groups is 1. The minimum Gasteiger partial charge on any atom is -0.381 e. The van der Waals surface area contributed by atoms with Gasteiger partial charge in [-0.15, -0.1) is 0 Å². The third-order valence-electron chi connectivity index (χ3n) is 6.77. The number of ether oxygens (including phenoxy) is 1. The van der Waals surface area contributed by atoms with Crippen LogP contribution >= 0.6 is 0 Å². The Bertz CT molecular complexity index is 923. The van der Waals surface area contributed by atoms with Crippen molar-refractivity contribution < 1.29 is 14.3 Å². The molecule has 2 amide bonds. The second kappa shape index (κ2) is 7.92. The van der Waals surface area contributed by atoms with E-state index in [1.807, 2.05) is 18.2 Å². The van der Waals surface area contributed by atoms with Crippen LogP contribution in [0.25, 0.3) is 10.9 Å². The number of rotatable bonds is 3. The third-order valence-corrected chi connectivity index (χ3v) is 6.77. The third kappa shape index (κ3) is 3.49. The summed E-state index contributed by atoms with van der Waals surface area (Å²) in [5, 5.41) is 4.40. The van der Waals surface area contributed by atoms with Crippen molar-refractivity contribution in [2.75, 3.05) is 26.3 Å². The SMILES string of the molecule is O=C(c1ccc2[nH]c3c(c2c1)CCCC3)N(C(=O)C1CCNC1)C1CCOCC1. The lowest BCUT2D eigenvalue weighted by Crippen LogP contribution is -2.49. The maximum absolute atomic E-state index is 13.6. The summed E-state index contributed by atoms with van der Waals surface area (Å²) in [5.41, 5.74) is 4.38. The first kappa shape index (κ1) is 18.8. The van der Waals surface area contributed by atoms with Crippen LogP contribution in [0.5, 0.6) is 0 Å². The molecule has 2 saturated heterocycles. The van der Waals surface area contributed by atoms with Crippen molar-refractivity contribution in [2.24, 2.45) is 5.92 Å². The molecule has 1 aromatic heterocycles. The van der Waals surface area contributed by atoms with Gasteiger partial charge in [-0.1, -0.05) is 0 Å². The Labute approximate surface area is 171 Å². The Morgan fingerprint density at radius 3 is 2.69 bits per heavy atom. The zero-order chi connectivity index (χ0) is 19.8. The van der Waals surface area contributed by atoms with Crippen LogP contribution in [0.4, 0.5) is 0 Å². The summed E-state index contributed by atoms with van der Waals surface area (Å²) in [5.74, 6) is -0.282. The fourth-order valence-corrected chi connectivity index (χ4v) is 5.13. The Balaban J connectivity index is 1.49. The Hall–Kier alpha value is -2.18. The van der Waals surface area contributed by atoms with Crippen LogP contribution in [-0.4, -0.2) is 54.0 Å². The van der Waals surface area contributed by atoms with E-state index in [9.17, 15) is 9.59 Å². The van der Waals surface area contributed by atoms with Crippen molar-refractivity contribution in [3.63, 3.8) is 0 Å². The number of hydrogen-bond donors (Lipinski definition) is 2. The van der Waals surface area contributed by atoms with Crippen LogP contribution < -0.4 is 5.32 Å². The lowest BCUT2D eigenvalue weighted by atomic mass is 9.94. The molecule has 0 radical (unpaired) electrons. The summed E-state index contributed by atoms with van der Waals surface area (Å²) >= 11 is 0. The van der Waals surface area contributed by atoms with Crippen molar-refractivity contribution in [3.05, 3.63) is 35.0 Å². The molecule has 2 N–H and O–H groups in total. The van der Waals surface area contributed by atoms with Gasteiger partial charge in [-0.2, -0.15) is 0 Å². The molecule has 6 heteroatoms. The molecule has 1 aliphatic carbocycles. The average Bonchev–Trinajstić information content (AvgIpc) is 3.42. The Morgan fingerprint density at radius 2 is 1.90 bits per heavy atom. The highest BCUT2D eigenvalue weighted by atomic mass is 16.5. The van der Waals surface area contributed by atoms with E-state index in [-0.39, 0.29) is 23.8 Å². The highest BCUT2D eigenvalue weighted by molar-refractivity contribution is 6.07. The first-order valence-corrected chi connectivity index (χ1v) is 11.0. The number of aromatic amines is 1. The van der Waals surface area contributed by atoms with Gasteiger partial charge in [-0.05, 0) is 75.3 Å². The van der Waals surface area contributed by atoms with E-state index >= 15 is 0 Å². The minimum atomic E-state index is -0.151. The molecule has 29 heavy (non-hydrogen) atoms. The highest BCUT2D eigenvalue weighted by Gasteiger charge is 2.37. The lowest BCUT2D eigenvalue weighted by molar-refractivity contribution is -0.135. The largest absolute Gasteiger partial charge is 0.381 e. The summed E-state index contributed by atoms with van der Waals surface area (Å²) in [4.78, 5) is 32.0. The van der Waals surface area contributed by atoms with E-state index in [2.05, 4.69) is 10.3 Å². The fraction of sp³-hybridized carbons (Fsp3) is 0.565. The van der Waals surface area contributed by atoms with Gasteiger partial charge < -0.3 is 15.0 Å². The topological polar surface area (TPSA) is 74.4 Å². The number of fused-ring (bicyclic) bond motifs is 3. The number of aromatic nitrogens is 1. The zero-order valence-electron chi connectivity index (χ0n) is 16.8. The van der Waals surface area contributed by atoms with Crippen molar-refractivity contribution in [1.82, 2.24) is 15.2 Å². The van der Waals surface area contributed by atoms with Crippen LogP contribution in [0.2, 0.25) is 0 Å². The van der Waals surface area contributed by atoms with Gasteiger partial charge >= 0.3 is 0 Å². The smallest absolute Gasteiger partial charge is 0.260 e. The number of aryl methyl sites for hydroxylation is 2. The standard InChI is InChI=1S/C23H29N3O3/c27-22(15-5-6-21-19(13-15)18-3-1-2-4-20(18)25-21)26(17-8-11-29-12-9-17)23(28)16-7-10-24-14-16/h5-6,13,16-17,24-25H,1-4,7-12,14H2. The molecule has 0 spiro atoms. The Kier molecular flexibility index (Phi) is 5.14. The van der Waals surface area contributed by atoms with Gasteiger partial charge in [0, 0.05) is 48.0 Å². The molecule has 1 aromatic carbocycles. The van der Waals surface area contributed by atoms with Crippen molar-refractivity contribution >= 4 is 22.7 Å². The monoisotopic (exact) mass is 395 g/mol. The maximum Gasteiger partial charge on any atom is 0.260 e. The number of carbonyl (C=O) groups is 2. The second-order valence-electron chi connectivity index (χ2n) is 8.60. The number of carbonyl (C=O) groups excluding carboxylic acids is 2. The van der Waals surface area contributed by atoms with Gasteiger partial charge in [-0.3, -0.25) is 14.5 Å². The normalized spacial score (nSPS) is 22.6. The second-order valence-corrected chi connectivity index (χ2v) is 8.60. The van der Waals surface area contributed by atoms with Gasteiger partial charge in [-0.25, -0.2) is 0 Å². The first-order valence-electron chi connectivity index (χ1n) is 11.0. The molecule has 154 valence electrons. The zero-order valence-corrected chi connectivity index (χ0v) is 16.8. The van der Waals surface area contributed by atoms with E-state index < -0.39 is 0 Å². The molecule has 6 nitrogen and oxygen atoms in total. The molecule has 1 atom stereocenters. The molecule has 2 aliphatic heterocycles. The minimum absolute atomic E-state index is 0.0249. The predicted octanol–water partition coefficient (Wildman–Crippen LogP) is 2.80. The van der Waals surface area contributed by atoms with E-state index in [1.165, 1.54) is 24.1 Å². The van der Waals surface area contributed by atoms with E-state index in [0.29, 0.717) is 25.3 Å². The number of nitrogens with zero attached hydrogens (tertiary/aromatic N) is 1. The molecule has 2 aromatic rings. The van der Waals surface area contributed by atoms with Gasteiger partial charge in [0.1, 0.15) is 0 Å².